The minimum Gasteiger partial charge on any atom is -0.497 e. The lowest BCUT2D eigenvalue weighted by Gasteiger charge is -2.38. The van der Waals surface area contributed by atoms with Crippen LogP contribution in [0.25, 0.3) is 28.0 Å². The molecule has 0 amide bonds. The predicted octanol–water partition coefficient (Wildman–Crippen LogP) is 8.32. The maximum absolute atomic E-state index is 10.4. The average molecular weight is 585 g/mol. The highest BCUT2D eigenvalue weighted by Crippen LogP contribution is 2.58. The maximum Gasteiger partial charge on any atom is 0.178 e. The van der Waals surface area contributed by atoms with Gasteiger partial charge in [-0.15, -0.1) is 0 Å². The lowest BCUT2D eigenvalue weighted by atomic mass is 9.76. The second-order valence-corrected chi connectivity index (χ2v) is 12.2. The second-order valence-electron chi connectivity index (χ2n) is 12.2. The number of aliphatic hydroxyl groups excluding tert-OH is 1. The summed E-state index contributed by atoms with van der Waals surface area (Å²) >= 11 is 0. The first-order chi connectivity index (χ1) is 21.2. The van der Waals surface area contributed by atoms with Gasteiger partial charge in [-0.3, -0.25) is 0 Å². The molecule has 0 fully saturated rings. The van der Waals surface area contributed by atoms with E-state index in [0.717, 1.165) is 50.3 Å². The van der Waals surface area contributed by atoms with Gasteiger partial charge < -0.3 is 24.1 Å². The van der Waals surface area contributed by atoms with E-state index in [1.54, 1.807) is 21.3 Å². The topological polar surface area (TPSA) is 57.2 Å². The van der Waals surface area contributed by atoms with Crippen LogP contribution in [0.15, 0.2) is 84.9 Å². The fourth-order valence-corrected chi connectivity index (χ4v) is 7.14. The first-order valence-electron chi connectivity index (χ1n) is 14.9. The molecule has 1 aliphatic heterocycles. The molecule has 0 spiro atoms. The molecule has 2 aliphatic rings. The molecule has 1 aliphatic carbocycles. The number of aliphatic hydroxyl groups is 1. The SMILES string of the molecule is COc1ccc(C2(c3ccc(OC)cc3)C=Cc3c4c(c5cc(CO)c(OC)cc5c3O2)-c2ccc(C)cc2C4(C)C)cc1. The first-order valence-corrected chi connectivity index (χ1v) is 14.9. The average Bonchev–Trinajstić information content (AvgIpc) is 3.29. The van der Waals surface area contributed by atoms with Gasteiger partial charge in [0, 0.05) is 33.1 Å². The van der Waals surface area contributed by atoms with Crippen LogP contribution >= 0.6 is 0 Å². The lowest BCUT2D eigenvalue weighted by molar-refractivity contribution is 0.163. The van der Waals surface area contributed by atoms with Crippen molar-refractivity contribution in [2.75, 3.05) is 21.3 Å². The Morgan fingerprint density at radius 2 is 1.39 bits per heavy atom. The Bertz CT molecular complexity index is 1900. The fourth-order valence-electron chi connectivity index (χ4n) is 7.14. The Balaban J connectivity index is 1.57. The lowest BCUT2D eigenvalue weighted by Crippen LogP contribution is -2.35. The van der Waals surface area contributed by atoms with Crippen molar-refractivity contribution >= 4 is 16.8 Å². The number of fused-ring (bicyclic) bond motifs is 8. The van der Waals surface area contributed by atoms with E-state index in [-0.39, 0.29) is 12.0 Å². The monoisotopic (exact) mass is 584 g/mol. The van der Waals surface area contributed by atoms with Crippen molar-refractivity contribution < 1.29 is 24.1 Å². The van der Waals surface area contributed by atoms with Crippen molar-refractivity contribution in [2.45, 2.75) is 38.4 Å². The van der Waals surface area contributed by atoms with Crippen molar-refractivity contribution in [1.29, 1.82) is 0 Å². The van der Waals surface area contributed by atoms with Gasteiger partial charge in [-0.25, -0.2) is 0 Å². The molecule has 0 atom stereocenters. The molecule has 5 aromatic carbocycles. The third kappa shape index (κ3) is 3.96. The number of hydrogen-bond acceptors (Lipinski definition) is 5. The van der Waals surface area contributed by atoms with E-state index in [1.165, 1.54) is 27.8 Å². The van der Waals surface area contributed by atoms with Crippen molar-refractivity contribution in [1.82, 2.24) is 0 Å². The second kappa shape index (κ2) is 10.2. The van der Waals surface area contributed by atoms with Gasteiger partial charge in [0.2, 0.25) is 0 Å². The summed E-state index contributed by atoms with van der Waals surface area (Å²) in [5.74, 6) is 2.96. The molecular formula is C39H36O5. The smallest absolute Gasteiger partial charge is 0.178 e. The summed E-state index contributed by atoms with van der Waals surface area (Å²) in [6, 6.07) is 26.9. The molecule has 7 rings (SSSR count). The Morgan fingerprint density at radius 1 is 0.750 bits per heavy atom. The Labute approximate surface area is 258 Å². The van der Waals surface area contributed by atoms with Crippen LogP contribution in [0.1, 0.15) is 52.8 Å². The quantitative estimate of drug-likeness (QED) is 0.218. The van der Waals surface area contributed by atoms with Gasteiger partial charge in [-0.1, -0.05) is 68.0 Å². The highest BCUT2D eigenvalue weighted by Gasteiger charge is 2.44. The van der Waals surface area contributed by atoms with Crippen molar-refractivity contribution in [2.24, 2.45) is 0 Å². The zero-order valence-corrected chi connectivity index (χ0v) is 25.9. The summed E-state index contributed by atoms with van der Waals surface area (Å²) in [5.41, 5.74) is 8.68. The van der Waals surface area contributed by atoms with Crippen molar-refractivity contribution in [3.8, 4) is 34.1 Å². The predicted molar refractivity (Wildman–Crippen MR) is 175 cm³/mol. The maximum atomic E-state index is 10.4. The molecule has 44 heavy (non-hydrogen) atoms. The molecule has 222 valence electrons. The Hall–Kier alpha value is -4.74. The number of benzene rings is 5. The van der Waals surface area contributed by atoms with Crippen LogP contribution in [0, 0.1) is 6.92 Å². The van der Waals surface area contributed by atoms with Crippen molar-refractivity contribution in [3.63, 3.8) is 0 Å². The molecule has 0 unspecified atom stereocenters. The molecular weight excluding hydrogens is 548 g/mol. The fraction of sp³-hybridized carbons (Fsp3) is 0.231. The molecule has 0 radical (unpaired) electrons. The first kappa shape index (κ1) is 28.1. The van der Waals surface area contributed by atoms with Gasteiger partial charge in [-0.2, -0.15) is 0 Å². The summed E-state index contributed by atoms with van der Waals surface area (Å²) < 4.78 is 24.2. The minimum absolute atomic E-state index is 0.127. The molecule has 5 aromatic rings. The molecule has 0 saturated heterocycles. The zero-order chi connectivity index (χ0) is 30.8. The third-order valence-electron chi connectivity index (χ3n) is 9.40. The van der Waals surface area contributed by atoms with Gasteiger partial charge in [-0.05, 0) is 77.0 Å². The normalized spacial score (nSPS) is 15.2. The third-order valence-corrected chi connectivity index (χ3v) is 9.40. The van der Waals surface area contributed by atoms with Crippen LogP contribution in [0.5, 0.6) is 23.0 Å². The molecule has 1 heterocycles. The van der Waals surface area contributed by atoms with Crippen LogP contribution in [0.3, 0.4) is 0 Å². The van der Waals surface area contributed by atoms with Crippen LogP contribution in [0.2, 0.25) is 0 Å². The van der Waals surface area contributed by atoms with E-state index >= 15 is 0 Å². The van der Waals surface area contributed by atoms with Crippen molar-refractivity contribution in [3.05, 3.63) is 124 Å². The van der Waals surface area contributed by atoms with Crippen LogP contribution in [0.4, 0.5) is 0 Å². The molecule has 0 bridgehead atoms. The van der Waals surface area contributed by atoms with E-state index in [9.17, 15) is 5.11 Å². The van der Waals surface area contributed by atoms with E-state index in [2.05, 4.69) is 81.5 Å². The molecule has 5 heteroatoms. The summed E-state index contributed by atoms with van der Waals surface area (Å²) in [5, 5.41) is 12.3. The highest BCUT2D eigenvalue weighted by atomic mass is 16.5. The number of hydrogen-bond donors (Lipinski definition) is 1. The number of rotatable bonds is 6. The van der Waals surface area contributed by atoms with Crippen LogP contribution < -0.4 is 18.9 Å². The van der Waals surface area contributed by atoms with Gasteiger partial charge in [0.05, 0.1) is 27.9 Å². The summed E-state index contributed by atoms with van der Waals surface area (Å²) in [7, 11) is 4.98. The standard InChI is InChI=1S/C39H36O5/c1-23-7-16-29-33(19-23)38(2,3)36-30-17-18-39(25-8-12-27(41-4)13-9-25,26-10-14-28(42-5)15-11-26)44-37(30)32-21-34(43-6)24(22-40)20-31(32)35(29)36/h7-21,40H,22H2,1-6H3. The van der Waals surface area contributed by atoms with Gasteiger partial charge in [0.15, 0.2) is 5.60 Å². The van der Waals surface area contributed by atoms with E-state index in [1.807, 2.05) is 30.3 Å². The summed E-state index contributed by atoms with van der Waals surface area (Å²) in [6.07, 6.45) is 4.41. The highest BCUT2D eigenvalue weighted by molar-refractivity contribution is 6.09. The molecule has 0 saturated carbocycles. The molecule has 1 N–H and O–H groups in total. The zero-order valence-electron chi connectivity index (χ0n) is 25.9. The minimum atomic E-state index is -0.929. The number of aryl methyl sites for hydroxylation is 1. The van der Waals surface area contributed by atoms with E-state index in [4.69, 9.17) is 18.9 Å². The van der Waals surface area contributed by atoms with Crippen LogP contribution in [-0.2, 0) is 17.6 Å². The van der Waals surface area contributed by atoms with E-state index in [0.29, 0.717) is 5.75 Å². The number of ether oxygens (including phenoxy) is 4. The van der Waals surface area contributed by atoms with Gasteiger partial charge in [0.1, 0.15) is 23.0 Å². The molecule has 0 aromatic heterocycles. The van der Waals surface area contributed by atoms with Crippen LogP contribution in [-0.4, -0.2) is 26.4 Å². The summed E-state index contributed by atoms with van der Waals surface area (Å²) in [6.45, 7) is 6.60. The van der Waals surface area contributed by atoms with Gasteiger partial charge >= 0.3 is 0 Å². The molecule has 5 nitrogen and oxygen atoms in total. The van der Waals surface area contributed by atoms with Gasteiger partial charge in [0.25, 0.3) is 0 Å². The Morgan fingerprint density at radius 3 is 1.95 bits per heavy atom. The largest absolute Gasteiger partial charge is 0.497 e. The summed E-state index contributed by atoms with van der Waals surface area (Å²) in [4.78, 5) is 0. The number of methoxy groups -OCH3 is 3. The Kier molecular flexibility index (Phi) is 6.49. The van der Waals surface area contributed by atoms with E-state index < -0.39 is 5.60 Å².